The number of nitrogens with zero attached hydrogens (tertiary/aromatic N) is 3. The quantitative estimate of drug-likeness (QED) is 0.616. The maximum Gasteiger partial charge on any atom is 0.267 e. The molecule has 0 bridgehead atoms. The van der Waals surface area contributed by atoms with Crippen molar-refractivity contribution >= 4 is 32.6 Å². The van der Waals surface area contributed by atoms with Crippen LogP contribution < -0.4 is 23.8 Å². The minimum Gasteiger partial charge on any atom is -0.495 e. The number of aromatic nitrogens is 1. The van der Waals surface area contributed by atoms with Gasteiger partial charge in [0.2, 0.25) is 6.10 Å². The van der Waals surface area contributed by atoms with E-state index in [0.29, 0.717) is 37.7 Å². The third kappa shape index (κ3) is 3.59. The fraction of sp³-hybridized carbons (Fsp3) is 0.364. The van der Waals surface area contributed by atoms with Gasteiger partial charge in [-0.15, -0.1) is 0 Å². The summed E-state index contributed by atoms with van der Waals surface area (Å²) in [6.07, 6.45) is -0.613. The van der Waals surface area contributed by atoms with Crippen molar-refractivity contribution < 1.29 is 23.7 Å². The smallest absolute Gasteiger partial charge is 0.267 e. The summed E-state index contributed by atoms with van der Waals surface area (Å²) in [7, 11) is 3.29. The highest BCUT2D eigenvalue weighted by molar-refractivity contribution is 7.22. The first-order chi connectivity index (χ1) is 15.2. The van der Waals surface area contributed by atoms with Crippen LogP contribution >= 0.6 is 11.3 Å². The lowest BCUT2D eigenvalue weighted by Gasteiger charge is -2.37. The van der Waals surface area contributed by atoms with Crippen LogP contribution in [0.25, 0.3) is 10.2 Å². The van der Waals surface area contributed by atoms with E-state index < -0.39 is 6.10 Å². The summed E-state index contributed by atoms with van der Waals surface area (Å²) in [4.78, 5) is 21.8. The molecule has 0 radical (unpaired) electrons. The van der Waals surface area contributed by atoms with E-state index in [1.165, 1.54) is 0 Å². The van der Waals surface area contributed by atoms with Crippen molar-refractivity contribution in [2.45, 2.75) is 6.10 Å². The first-order valence-electron chi connectivity index (χ1n) is 10.1. The van der Waals surface area contributed by atoms with Crippen molar-refractivity contribution in [2.24, 2.45) is 0 Å². The number of para-hydroxylation sites is 2. The molecule has 2 aliphatic heterocycles. The van der Waals surface area contributed by atoms with Gasteiger partial charge in [0, 0.05) is 26.2 Å². The van der Waals surface area contributed by atoms with E-state index in [0.717, 1.165) is 26.8 Å². The number of benzene rings is 2. The molecule has 2 aromatic carbocycles. The summed E-state index contributed by atoms with van der Waals surface area (Å²) in [5.74, 6) is 2.76. The highest BCUT2D eigenvalue weighted by atomic mass is 32.1. The zero-order chi connectivity index (χ0) is 21.4. The number of piperazine rings is 1. The van der Waals surface area contributed by atoms with Gasteiger partial charge in [0.15, 0.2) is 16.6 Å². The molecule has 31 heavy (non-hydrogen) atoms. The molecule has 8 nitrogen and oxygen atoms in total. The third-order valence-corrected chi connectivity index (χ3v) is 6.68. The number of methoxy groups -OCH3 is 2. The summed E-state index contributed by atoms with van der Waals surface area (Å²) in [5, 5.41) is 0.899. The van der Waals surface area contributed by atoms with E-state index in [4.69, 9.17) is 23.9 Å². The molecule has 1 fully saturated rings. The summed E-state index contributed by atoms with van der Waals surface area (Å²) >= 11 is 1.58. The Morgan fingerprint density at radius 2 is 1.74 bits per heavy atom. The lowest BCUT2D eigenvalue weighted by atomic mass is 10.2. The number of ether oxygens (including phenoxy) is 4. The molecule has 3 aromatic rings. The van der Waals surface area contributed by atoms with Gasteiger partial charge in [0.05, 0.1) is 14.2 Å². The summed E-state index contributed by atoms with van der Waals surface area (Å²) in [6, 6.07) is 11.2. The second kappa shape index (κ2) is 8.14. The third-order valence-electron chi connectivity index (χ3n) is 5.54. The average molecular weight is 442 g/mol. The normalized spacial score (nSPS) is 18.2. The van der Waals surface area contributed by atoms with Crippen LogP contribution in [-0.2, 0) is 4.79 Å². The van der Waals surface area contributed by atoms with Gasteiger partial charge in [-0.1, -0.05) is 23.5 Å². The molecule has 1 saturated heterocycles. The lowest BCUT2D eigenvalue weighted by Crippen LogP contribution is -2.54. The van der Waals surface area contributed by atoms with Crippen LogP contribution in [-0.4, -0.2) is 68.9 Å². The second-order valence-corrected chi connectivity index (χ2v) is 8.30. The number of rotatable bonds is 4. The van der Waals surface area contributed by atoms with Crippen molar-refractivity contribution in [3.8, 4) is 23.0 Å². The van der Waals surface area contributed by atoms with E-state index in [-0.39, 0.29) is 12.5 Å². The minimum absolute atomic E-state index is 0.0400. The largest absolute Gasteiger partial charge is 0.495 e. The highest BCUT2D eigenvalue weighted by Gasteiger charge is 2.33. The van der Waals surface area contributed by atoms with Crippen molar-refractivity contribution in [2.75, 3.05) is 51.9 Å². The Morgan fingerprint density at radius 1 is 1.03 bits per heavy atom. The topological polar surface area (TPSA) is 73.4 Å². The van der Waals surface area contributed by atoms with Crippen LogP contribution in [0.2, 0.25) is 0 Å². The molecule has 2 aliphatic rings. The zero-order valence-corrected chi connectivity index (χ0v) is 18.2. The molecule has 5 rings (SSSR count). The van der Waals surface area contributed by atoms with Crippen LogP contribution in [0, 0.1) is 0 Å². The van der Waals surface area contributed by atoms with Crippen molar-refractivity contribution in [1.29, 1.82) is 0 Å². The molecular weight excluding hydrogens is 418 g/mol. The molecule has 3 heterocycles. The molecule has 0 saturated carbocycles. The predicted octanol–water partition coefficient (Wildman–Crippen LogP) is 2.80. The number of carbonyl (C=O) groups excluding carboxylic acids is 1. The second-order valence-electron chi connectivity index (χ2n) is 7.32. The van der Waals surface area contributed by atoms with Crippen LogP contribution in [0.1, 0.15) is 0 Å². The Balaban J connectivity index is 1.27. The Morgan fingerprint density at radius 3 is 2.48 bits per heavy atom. The average Bonchev–Trinajstić information content (AvgIpc) is 3.28. The summed E-state index contributed by atoms with van der Waals surface area (Å²) in [5.41, 5.74) is 0.798. The van der Waals surface area contributed by atoms with E-state index in [2.05, 4.69) is 4.90 Å². The maximum absolute atomic E-state index is 13.0. The van der Waals surface area contributed by atoms with Gasteiger partial charge >= 0.3 is 0 Å². The van der Waals surface area contributed by atoms with Gasteiger partial charge in [0.1, 0.15) is 28.3 Å². The number of fused-ring (bicyclic) bond motifs is 2. The molecule has 0 spiro atoms. The summed E-state index contributed by atoms with van der Waals surface area (Å²) in [6.45, 7) is 2.82. The first kappa shape index (κ1) is 19.7. The Hall–Kier alpha value is -3.20. The number of anilines is 1. The number of amides is 1. The zero-order valence-electron chi connectivity index (χ0n) is 17.4. The molecule has 1 aromatic heterocycles. The molecule has 9 heteroatoms. The molecule has 1 amide bonds. The number of hydrogen-bond acceptors (Lipinski definition) is 8. The van der Waals surface area contributed by atoms with Crippen molar-refractivity contribution in [1.82, 2.24) is 9.88 Å². The molecule has 0 N–H and O–H groups in total. The Bertz CT molecular complexity index is 1070. The highest BCUT2D eigenvalue weighted by Crippen LogP contribution is 2.40. The Labute approximate surface area is 183 Å². The van der Waals surface area contributed by atoms with E-state index in [1.807, 2.05) is 41.3 Å². The van der Waals surface area contributed by atoms with Crippen LogP contribution in [0.4, 0.5) is 5.13 Å². The van der Waals surface area contributed by atoms with Crippen molar-refractivity contribution in [3.05, 3.63) is 36.4 Å². The van der Waals surface area contributed by atoms with E-state index in [1.54, 1.807) is 25.6 Å². The minimum atomic E-state index is -0.613. The monoisotopic (exact) mass is 441 g/mol. The Kier molecular flexibility index (Phi) is 5.19. The fourth-order valence-corrected chi connectivity index (χ4v) is 5.00. The van der Waals surface area contributed by atoms with Crippen molar-refractivity contribution in [3.63, 3.8) is 0 Å². The van der Waals surface area contributed by atoms with Gasteiger partial charge in [-0.05, 0) is 24.3 Å². The maximum atomic E-state index is 13.0. The van der Waals surface area contributed by atoms with E-state index >= 15 is 0 Å². The fourth-order valence-electron chi connectivity index (χ4n) is 3.87. The predicted molar refractivity (Wildman–Crippen MR) is 118 cm³/mol. The molecular formula is C22H23N3O5S. The number of hydrogen-bond donors (Lipinski definition) is 0. The number of carbonyl (C=O) groups is 1. The van der Waals surface area contributed by atoms with E-state index in [9.17, 15) is 4.79 Å². The van der Waals surface area contributed by atoms with Gasteiger partial charge < -0.3 is 28.7 Å². The van der Waals surface area contributed by atoms with Crippen LogP contribution in [0.15, 0.2) is 36.4 Å². The van der Waals surface area contributed by atoms with Crippen LogP contribution in [0.3, 0.4) is 0 Å². The molecule has 0 unspecified atom stereocenters. The SMILES string of the molecule is COc1ccc(OC)c2sc(N3CCN(C(=O)[C@@H]4COc5ccccc5O4)CC3)nc12. The van der Waals surface area contributed by atoms with Gasteiger partial charge in [-0.2, -0.15) is 0 Å². The number of thiazole rings is 1. The van der Waals surface area contributed by atoms with Crippen LogP contribution in [0.5, 0.6) is 23.0 Å². The van der Waals surface area contributed by atoms with Gasteiger partial charge in [-0.3, -0.25) is 4.79 Å². The molecule has 1 atom stereocenters. The molecule has 0 aliphatic carbocycles. The lowest BCUT2D eigenvalue weighted by molar-refractivity contribution is -0.141. The first-order valence-corrected chi connectivity index (χ1v) is 10.9. The summed E-state index contributed by atoms with van der Waals surface area (Å²) < 4.78 is 23.5. The van der Waals surface area contributed by atoms with Gasteiger partial charge in [-0.25, -0.2) is 4.98 Å². The van der Waals surface area contributed by atoms with Gasteiger partial charge in [0.25, 0.3) is 5.91 Å². The molecule has 162 valence electrons. The standard InChI is InChI=1S/C22H23N3O5S/c1-27-16-7-8-17(28-2)20-19(16)23-22(31-20)25-11-9-24(10-12-25)21(26)18-13-29-14-5-3-4-6-15(14)30-18/h3-8,18H,9-13H2,1-2H3/t18-/m0/s1.